The van der Waals surface area contributed by atoms with Crippen molar-refractivity contribution >= 4 is 17.7 Å². The van der Waals surface area contributed by atoms with E-state index in [0.717, 1.165) is 6.07 Å². The monoisotopic (exact) mass is 303 g/mol. The molecule has 0 aliphatic carbocycles. The van der Waals surface area contributed by atoms with Crippen molar-refractivity contribution in [3.63, 3.8) is 0 Å². The van der Waals surface area contributed by atoms with Gasteiger partial charge in [-0.15, -0.1) is 0 Å². The highest BCUT2D eigenvalue weighted by Gasteiger charge is 2.28. The molecule has 6 heteroatoms. The quantitative estimate of drug-likeness (QED) is 0.848. The van der Waals surface area contributed by atoms with E-state index in [4.69, 9.17) is 0 Å². The predicted molar refractivity (Wildman–Crippen MR) is 76.5 cm³/mol. The van der Waals surface area contributed by atoms with Gasteiger partial charge in [0.05, 0.1) is 6.54 Å². The van der Waals surface area contributed by atoms with Crippen molar-refractivity contribution in [2.45, 2.75) is 19.4 Å². The first kappa shape index (κ1) is 16.9. The number of hydrogen-bond donors (Lipinski definition) is 2. The predicted octanol–water partition coefficient (Wildman–Crippen LogP) is 2.29. The van der Waals surface area contributed by atoms with E-state index < -0.39 is 17.2 Å². The zero-order chi connectivity index (χ0) is 15.3. The van der Waals surface area contributed by atoms with Gasteiger partial charge in [0.15, 0.2) is 0 Å². The highest BCUT2D eigenvalue weighted by atomic mass is 32.2. The highest BCUT2D eigenvalue weighted by molar-refractivity contribution is 7.98. The fraction of sp³-hybridized carbons (Fsp3) is 0.500. The van der Waals surface area contributed by atoms with Crippen LogP contribution in [-0.2, 0) is 10.4 Å². The maximum absolute atomic E-state index is 13.6. The zero-order valence-electron chi connectivity index (χ0n) is 11.7. The minimum atomic E-state index is -1.59. The summed E-state index contributed by atoms with van der Waals surface area (Å²) in [4.78, 5) is 11.8. The number of aliphatic hydroxyl groups is 1. The summed E-state index contributed by atoms with van der Waals surface area (Å²) in [6, 6.07) is 2.97. The third-order valence-corrected chi connectivity index (χ3v) is 3.82. The second kappa shape index (κ2) is 7.04. The van der Waals surface area contributed by atoms with E-state index >= 15 is 0 Å². The molecule has 1 amide bonds. The van der Waals surface area contributed by atoms with E-state index in [2.05, 4.69) is 5.32 Å². The average Bonchev–Trinajstić information content (AvgIpc) is 2.35. The van der Waals surface area contributed by atoms with Crippen LogP contribution in [0.4, 0.5) is 8.78 Å². The van der Waals surface area contributed by atoms with Gasteiger partial charge in [-0.05, 0) is 19.2 Å². The van der Waals surface area contributed by atoms with Gasteiger partial charge in [-0.3, -0.25) is 4.79 Å². The summed E-state index contributed by atoms with van der Waals surface area (Å²) in [7, 11) is 0. The number of thioether (sulfide) groups is 1. The topological polar surface area (TPSA) is 49.3 Å². The van der Waals surface area contributed by atoms with Crippen molar-refractivity contribution in [2.75, 3.05) is 18.6 Å². The highest BCUT2D eigenvalue weighted by Crippen LogP contribution is 2.23. The molecule has 0 aliphatic heterocycles. The molecule has 0 bridgehead atoms. The van der Waals surface area contributed by atoms with Crippen molar-refractivity contribution in [3.05, 3.63) is 35.4 Å². The Hall–Kier alpha value is -1.14. The Bertz CT molecular complexity index is 480. The van der Waals surface area contributed by atoms with Crippen molar-refractivity contribution in [2.24, 2.45) is 5.92 Å². The molecule has 1 aromatic carbocycles. The molecule has 0 saturated carbocycles. The van der Waals surface area contributed by atoms with Crippen LogP contribution < -0.4 is 5.32 Å². The largest absolute Gasteiger partial charge is 0.383 e. The first-order valence-corrected chi connectivity index (χ1v) is 7.62. The normalized spacial score (nSPS) is 15.5. The van der Waals surface area contributed by atoms with Gasteiger partial charge in [0.25, 0.3) is 0 Å². The molecule has 0 radical (unpaired) electrons. The van der Waals surface area contributed by atoms with Crippen LogP contribution in [0.2, 0.25) is 0 Å². The Kier molecular flexibility index (Phi) is 5.95. The molecule has 1 rings (SSSR count). The number of benzene rings is 1. The minimum Gasteiger partial charge on any atom is -0.383 e. The van der Waals surface area contributed by atoms with Gasteiger partial charge >= 0.3 is 0 Å². The Labute approximate surface area is 121 Å². The SMILES string of the molecule is CSC[C@H](C)C(=O)NC[C@@](C)(O)c1ccc(F)cc1F. The summed E-state index contributed by atoms with van der Waals surface area (Å²) in [5, 5.41) is 12.8. The first-order valence-electron chi connectivity index (χ1n) is 6.22. The van der Waals surface area contributed by atoms with Gasteiger partial charge in [-0.25, -0.2) is 8.78 Å². The number of amides is 1. The molecule has 2 N–H and O–H groups in total. The number of nitrogens with one attached hydrogen (secondary N) is 1. The maximum Gasteiger partial charge on any atom is 0.223 e. The van der Waals surface area contributed by atoms with Crippen LogP contribution in [-0.4, -0.2) is 29.6 Å². The first-order chi connectivity index (χ1) is 9.27. The molecule has 112 valence electrons. The summed E-state index contributed by atoms with van der Waals surface area (Å²) in [6.45, 7) is 3.02. The summed E-state index contributed by atoms with van der Waals surface area (Å²) in [5.74, 6) is -1.28. The number of halogens is 2. The standard InChI is InChI=1S/C14H19F2NO2S/c1-9(7-20-3)13(18)17-8-14(2,19)11-5-4-10(15)6-12(11)16/h4-6,9,19H,7-8H2,1-3H3,(H,17,18)/t9-,14+/m0/s1. The molecule has 0 heterocycles. The number of rotatable bonds is 6. The molecule has 2 atom stereocenters. The fourth-order valence-corrected chi connectivity index (χ4v) is 2.43. The van der Waals surface area contributed by atoms with Crippen LogP contribution in [0.3, 0.4) is 0 Å². The maximum atomic E-state index is 13.6. The van der Waals surface area contributed by atoms with Gasteiger partial charge in [0.1, 0.15) is 17.2 Å². The molecule has 0 fully saturated rings. The van der Waals surface area contributed by atoms with Gasteiger partial charge in [-0.1, -0.05) is 13.0 Å². The average molecular weight is 303 g/mol. The second-order valence-electron chi connectivity index (χ2n) is 4.97. The molecule has 0 unspecified atom stereocenters. The molecule has 20 heavy (non-hydrogen) atoms. The molecule has 0 aliphatic rings. The molecule has 0 spiro atoms. The molecule has 3 nitrogen and oxygen atoms in total. The number of carbonyl (C=O) groups excluding carboxylic acids is 1. The van der Waals surface area contributed by atoms with Crippen molar-refractivity contribution in [3.8, 4) is 0 Å². The second-order valence-corrected chi connectivity index (χ2v) is 5.88. The summed E-state index contributed by atoms with van der Waals surface area (Å²) in [6.07, 6.45) is 1.90. The van der Waals surface area contributed by atoms with Crippen LogP contribution in [0.15, 0.2) is 18.2 Å². The van der Waals surface area contributed by atoms with Crippen molar-refractivity contribution in [1.29, 1.82) is 0 Å². The Morgan fingerprint density at radius 1 is 1.50 bits per heavy atom. The molecular formula is C14H19F2NO2S. The summed E-state index contributed by atoms with van der Waals surface area (Å²) < 4.78 is 26.5. The van der Waals surface area contributed by atoms with Gasteiger partial charge < -0.3 is 10.4 Å². The lowest BCUT2D eigenvalue weighted by molar-refractivity contribution is -0.125. The van der Waals surface area contributed by atoms with Crippen LogP contribution in [0, 0.1) is 17.6 Å². The third kappa shape index (κ3) is 4.45. The van der Waals surface area contributed by atoms with E-state index in [-0.39, 0.29) is 23.9 Å². The fourth-order valence-electron chi connectivity index (χ4n) is 1.78. The van der Waals surface area contributed by atoms with Gasteiger partial charge in [0, 0.05) is 23.3 Å². The van der Waals surface area contributed by atoms with E-state index in [1.54, 1.807) is 18.7 Å². The van der Waals surface area contributed by atoms with E-state index in [9.17, 15) is 18.7 Å². The van der Waals surface area contributed by atoms with E-state index in [1.807, 2.05) is 6.26 Å². The van der Waals surface area contributed by atoms with E-state index in [1.165, 1.54) is 13.0 Å². The van der Waals surface area contributed by atoms with Crippen molar-refractivity contribution in [1.82, 2.24) is 5.32 Å². The molecule has 1 aromatic rings. The lowest BCUT2D eigenvalue weighted by Crippen LogP contribution is -2.41. The number of hydrogen-bond acceptors (Lipinski definition) is 3. The van der Waals surface area contributed by atoms with Gasteiger partial charge in [0.2, 0.25) is 5.91 Å². The molecule has 0 aromatic heterocycles. The smallest absolute Gasteiger partial charge is 0.223 e. The summed E-state index contributed by atoms with van der Waals surface area (Å²) >= 11 is 1.55. The Morgan fingerprint density at radius 3 is 2.70 bits per heavy atom. The van der Waals surface area contributed by atoms with Crippen LogP contribution in [0.5, 0.6) is 0 Å². The Morgan fingerprint density at radius 2 is 2.15 bits per heavy atom. The molecule has 0 saturated heterocycles. The Balaban J connectivity index is 2.72. The van der Waals surface area contributed by atoms with Crippen LogP contribution in [0.25, 0.3) is 0 Å². The lowest BCUT2D eigenvalue weighted by atomic mass is 9.95. The van der Waals surface area contributed by atoms with Gasteiger partial charge in [-0.2, -0.15) is 11.8 Å². The van der Waals surface area contributed by atoms with Crippen LogP contribution >= 0.6 is 11.8 Å². The molecular weight excluding hydrogens is 284 g/mol. The third-order valence-electron chi connectivity index (χ3n) is 2.98. The van der Waals surface area contributed by atoms with Crippen molar-refractivity contribution < 1.29 is 18.7 Å². The minimum absolute atomic E-state index is 0.0447. The zero-order valence-corrected chi connectivity index (χ0v) is 12.6. The summed E-state index contributed by atoms with van der Waals surface area (Å²) in [5.41, 5.74) is -1.64. The number of carbonyl (C=O) groups is 1. The van der Waals surface area contributed by atoms with Crippen LogP contribution in [0.1, 0.15) is 19.4 Å². The lowest BCUT2D eigenvalue weighted by Gasteiger charge is -2.25. The van der Waals surface area contributed by atoms with E-state index in [0.29, 0.717) is 11.8 Å².